The third-order valence-electron chi connectivity index (χ3n) is 2.27. The Morgan fingerprint density at radius 2 is 2.43 bits per heavy atom. The highest BCUT2D eigenvalue weighted by molar-refractivity contribution is 5.35. The van der Waals surface area contributed by atoms with Gasteiger partial charge in [-0.1, -0.05) is 6.07 Å². The molecule has 72 valence electrons. The van der Waals surface area contributed by atoms with Crippen LogP contribution in [-0.2, 0) is 11.3 Å². The molecule has 0 radical (unpaired) electrons. The Balaban J connectivity index is 2.14. The smallest absolute Gasteiger partial charge is 0.350 e. The molecule has 0 aromatic carbocycles. The quantitative estimate of drug-likeness (QED) is 0.622. The number of epoxide rings is 1. The maximum absolute atomic E-state index is 11.7. The van der Waals surface area contributed by atoms with Gasteiger partial charge in [0.15, 0.2) is 5.65 Å². The molecule has 14 heavy (non-hydrogen) atoms. The maximum Gasteiger partial charge on any atom is 0.350 e. The lowest BCUT2D eigenvalue weighted by molar-refractivity contribution is 0.370. The molecule has 2 aromatic heterocycles. The van der Waals surface area contributed by atoms with E-state index in [1.165, 1.54) is 9.08 Å². The first-order valence-electron chi connectivity index (χ1n) is 4.50. The Morgan fingerprint density at radius 1 is 1.57 bits per heavy atom. The van der Waals surface area contributed by atoms with E-state index >= 15 is 0 Å². The van der Waals surface area contributed by atoms with Crippen LogP contribution in [0.4, 0.5) is 0 Å². The van der Waals surface area contributed by atoms with Crippen LogP contribution >= 0.6 is 0 Å². The van der Waals surface area contributed by atoms with Crippen molar-refractivity contribution in [2.45, 2.75) is 12.6 Å². The summed E-state index contributed by atoms with van der Waals surface area (Å²) in [6.07, 6.45) is 1.90. The SMILES string of the molecule is O=c1n(CC2CO2)nc2ccccn12. The average Bonchev–Trinajstić information content (AvgIpc) is 2.95. The number of pyridine rings is 1. The van der Waals surface area contributed by atoms with Gasteiger partial charge in [0.25, 0.3) is 0 Å². The Hall–Kier alpha value is -1.62. The van der Waals surface area contributed by atoms with Gasteiger partial charge in [0.2, 0.25) is 0 Å². The van der Waals surface area contributed by atoms with E-state index in [9.17, 15) is 4.79 Å². The van der Waals surface area contributed by atoms with Gasteiger partial charge in [0.1, 0.15) is 6.10 Å². The van der Waals surface area contributed by atoms with Crippen LogP contribution in [0.1, 0.15) is 0 Å². The number of hydrogen-bond acceptors (Lipinski definition) is 3. The third-order valence-corrected chi connectivity index (χ3v) is 2.27. The van der Waals surface area contributed by atoms with E-state index in [4.69, 9.17) is 4.74 Å². The largest absolute Gasteiger partial charge is 0.371 e. The Bertz CT molecular complexity index is 524. The molecule has 5 nitrogen and oxygen atoms in total. The molecule has 0 amide bonds. The van der Waals surface area contributed by atoms with Gasteiger partial charge in [-0.15, -0.1) is 5.10 Å². The summed E-state index contributed by atoms with van der Waals surface area (Å²) in [5.74, 6) is 0. The molecule has 3 rings (SSSR count). The standard InChI is InChI=1S/C9H9N3O2/c13-9-11-4-2-1-3-8(11)10-12(9)5-7-6-14-7/h1-4,7H,5-6H2. The highest BCUT2D eigenvalue weighted by Gasteiger charge is 2.24. The number of hydrogen-bond donors (Lipinski definition) is 0. The van der Waals surface area contributed by atoms with Crippen LogP contribution in [0.3, 0.4) is 0 Å². The Labute approximate surface area is 79.5 Å². The van der Waals surface area contributed by atoms with Gasteiger partial charge in [0.05, 0.1) is 13.2 Å². The van der Waals surface area contributed by atoms with Crippen LogP contribution in [0, 0.1) is 0 Å². The number of ether oxygens (including phenoxy) is 1. The Morgan fingerprint density at radius 3 is 3.14 bits per heavy atom. The van der Waals surface area contributed by atoms with Gasteiger partial charge < -0.3 is 4.74 Å². The summed E-state index contributed by atoms with van der Waals surface area (Å²) >= 11 is 0. The average molecular weight is 191 g/mol. The van der Waals surface area contributed by atoms with Crippen LogP contribution < -0.4 is 5.69 Å². The molecule has 0 bridgehead atoms. The molecule has 2 aromatic rings. The molecule has 3 heterocycles. The lowest BCUT2D eigenvalue weighted by Gasteiger charge is -1.91. The molecule has 1 fully saturated rings. The molecule has 1 atom stereocenters. The summed E-state index contributed by atoms with van der Waals surface area (Å²) in [4.78, 5) is 11.7. The number of fused-ring (bicyclic) bond motifs is 1. The number of rotatable bonds is 2. The highest BCUT2D eigenvalue weighted by Crippen LogP contribution is 2.09. The molecule has 1 unspecified atom stereocenters. The fourth-order valence-corrected chi connectivity index (χ4v) is 1.45. The van der Waals surface area contributed by atoms with E-state index in [1.807, 2.05) is 18.2 Å². The maximum atomic E-state index is 11.7. The first kappa shape index (κ1) is 7.75. The first-order chi connectivity index (χ1) is 6.84. The van der Waals surface area contributed by atoms with E-state index in [0.717, 1.165) is 6.61 Å². The predicted molar refractivity (Wildman–Crippen MR) is 49.2 cm³/mol. The minimum absolute atomic E-state index is 0.101. The topological polar surface area (TPSA) is 51.8 Å². The molecule has 1 saturated heterocycles. The lowest BCUT2D eigenvalue weighted by Crippen LogP contribution is -2.23. The molecule has 5 heteroatoms. The van der Waals surface area contributed by atoms with Crippen LogP contribution in [0.15, 0.2) is 29.2 Å². The van der Waals surface area contributed by atoms with Crippen LogP contribution in [-0.4, -0.2) is 26.9 Å². The van der Waals surface area contributed by atoms with Gasteiger partial charge in [-0.25, -0.2) is 9.48 Å². The summed E-state index contributed by atoms with van der Waals surface area (Å²) in [6.45, 7) is 1.29. The predicted octanol–water partition coefficient (Wildman–Crippen LogP) is -0.105. The van der Waals surface area contributed by atoms with Crippen molar-refractivity contribution in [3.8, 4) is 0 Å². The summed E-state index contributed by atoms with van der Waals surface area (Å²) in [6, 6.07) is 5.49. The van der Waals surface area contributed by atoms with Crippen molar-refractivity contribution in [3.05, 3.63) is 34.9 Å². The molecule has 0 saturated carbocycles. The van der Waals surface area contributed by atoms with E-state index in [0.29, 0.717) is 12.2 Å². The molecular formula is C9H9N3O2. The number of nitrogens with zero attached hydrogens (tertiary/aromatic N) is 3. The van der Waals surface area contributed by atoms with Crippen LogP contribution in [0.2, 0.25) is 0 Å². The summed E-state index contributed by atoms with van der Waals surface area (Å²) in [5.41, 5.74) is 0.578. The third kappa shape index (κ3) is 1.13. The van der Waals surface area contributed by atoms with Gasteiger partial charge in [0, 0.05) is 6.20 Å². The van der Waals surface area contributed by atoms with E-state index in [2.05, 4.69) is 5.10 Å². The van der Waals surface area contributed by atoms with Crippen molar-refractivity contribution in [1.29, 1.82) is 0 Å². The van der Waals surface area contributed by atoms with Crippen molar-refractivity contribution in [1.82, 2.24) is 14.2 Å². The van der Waals surface area contributed by atoms with Crippen LogP contribution in [0.25, 0.3) is 5.65 Å². The van der Waals surface area contributed by atoms with Gasteiger partial charge in [-0.2, -0.15) is 0 Å². The minimum atomic E-state index is -0.101. The van der Waals surface area contributed by atoms with Gasteiger partial charge in [-0.3, -0.25) is 4.40 Å². The fraction of sp³-hybridized carbons (Fsp3) is 0.333. The van der Waals surface area contributed by atoms with E-state index in [1.54, 1.807) is 6.20 Å². The second kappa shape index (κ2) is 2.68. The second-order valence-corrected chi connectivity index (χ2v) is 3.35. The zero-order valence-corrected chi connectivity index (χ0v) is 7.46. The highest BCUT2D eigenvalue weighted by atomic mass is 16.6. The minimum Gasteiger partial charge on any atom is -0.371 e. The second-order valence-electron chi connectivity index (χ2n) is 3.35. The monoisotopic (exact) mass is 191 g/mol. The van der Waals surface area contributed by atoms with Crippen molar-refractivity contribution in [2.24, 2.45) is 0 Å². The molecular weight excluding hydrogens is 182 g/mol. The zero-order valence-electron chi connectivity index (χ0n) is 7.46. The Kier molecular flexibility index (Phi) is 1.49. The molecule has 0 aliphatic carbocycles. The van der Waals surface area contributed by atoms with Gasteiger partial charge >= 0.3 is 5.69 Å². The lowest BCUT2D eigenvalue weighted by atomic mass is 10.5. The number of aromatic nitrogens is 3. The molecule has 0 N–H and O–H groups in total. The van der Waals surface area contributed by atoms with E-state index in [-0.39, 0.29) is 11.8 Å². The summed E-state index contributed by atoms with van der Waals surface area (Å²) in [5, 5.41) is 4.18. The fourth-order valence-electron chi connectivity index (χ4n) is 1.45. The van der Waals surface area contributed by atoms with Crippen molar-refractivity contribution < 1.29 is 4.74 Å². The normalized spacial score (nSPS) is 20.1. The zero-order chi connectivity index (χ0) is 9.54. The van der Waals surface area contributed by atoms with Crippen molar-refractivity contribution in [3.63, 3.8) is 0 Å². The van der Waals surface area contributed by atoms with E-state index < -0.39 is 0 Å². The van der Waals surface area contributed by atoms with Gasteiger partial charge in [-0.05, 0) is 12.1 Å². The molecule has 0 spiro atoms. The molecule has 1 aliphatic rings. The van der Waals surface area contributed by atoms with Crippen LogP contribution in [0.5, 0.6) is 0 Å². The van der Waals surface area contributed by atoms with Crippen molar-refractivity contribution >= 4 is 5.65 Å². The summed E-state index contributed by atoms with van der Waals surface area (Å²) < 4.78 is 8.04. The first-order valence-corrected chi connectivity index (χ1v) is 4.50. The molecule has 1 aliphatic heterocycles. The summed E-state index contributed by atoms with van der Waals surface area (Å²) in [7, 11) is 0. The van der Waals surface area contributed by atoms with Crippen molar-refractivity contribution in [2.75, 3.05) is 6.61 Å².